The number of hydrogen-bond donors (Lipinski definition) is 1. The standard InChI is InChI=1S/C14H21N3OS/c15-10-4-1-5-11-13(10)19-14(16-11)12-7-17-6-2-3-9(17)8-18-12/h9-10,12H,1-8,15H2. The van der Waals surface area contributed by atoms with E-state index in [9.17, 15) is 0 Å². The molecule has 1 aliphatic carbocycles. The maximum Gasteiger partial charge on any atom is 0.123 e. The third kappa shape index (κ3) is 2.13. The van der Waals surface area contributed by atoms with E-state index in [4.69, 9.17) is 15.5 Å². The Balaban J connectivity index is 1.56. The molecule has 4 nitrogen and oxygen atoms in total. The summed E-state index contributed by atoms with van der Waals surface area (Å²) in [6.07, 6.45) is 6.17. The molecule has 0 saturated carbocycles. The molecule has 1 aromatic rings. The van der Waals surface area contributed by atoms with E-state index in [1.807, 2.05) is 0 Å². The molecule has 2 fully saturated rings. The summed E-state index contributed by atoms with van der Waals surface area (Å²) >= 11 is 1.80. The van der Waals surface area contributed by atoms with Crippen molar-refractivity contribution < 1.29 is 4.74 Å². The number of aryl methyl sites for hydroxylation is 1. The second kappa shape index (κ2) is 4.81. The van der Waals surface area contributed by atoms with Gasteiger partial charge >= 0.3 is 0 Å². The molecule has 104 valence electrons. The number of nitrogens with two attached hydrogens (primary N) is 1. The lowest BCUT2D eigenvalue weighted by atomic mass is 9.99. The molecule has 4 rings (SSSR count). The quantitative estimate of drug-likeness (QED) is 0.854. The van der Waals surface area contributed by atoms with Crippen LogP contribution in [-0.4, -0.2) is 35.6 Å². The molecule has 0 aromatic carbocycles. The molecule has 3 heterocycles. The highest BCUT2D eigenvalue weighted by Crippen LogP contribution is 2.37. The highest BCUT2D eigenvalue weighted by molar-refractivity contribution is 7.11. The van der Waals surface area contributed by atoms with Crippen LogP contribution in [0.25, 0.3) is 0 Å². The largest absolute Gasteiger partial charge is 0.368 e. The highest BCUT2D eigenvalue weighted by atomic mass is 32.1. The Kier molecular flexibility index (Phi) is 3.10. The molecule has 19 heavy (non-hydrogen) atoms. The van der Waals surface area contributed by atoms with Crippen molar-refractivity contribution >= 4 is 11.3 Å². The number of rotatable bonds is 1. The summed E-state index contributed by atoms with van der Waals surface area (Å²) in [5, 5.41) is 1.16. The van der Waals surface area contributed by atoms with E-state index >= 15 is 0 Å². The van der Waals surface area contributed by atoms with Gasteiger partial charge in [-0.05, 0) is 38.6 Å². The van der Waals surface area contributed by atoms with Gasteiger partial charge in [-0.1, -0.05) is 0 Å². The Morgan fingerprint density at radius 1 is 1.32 bits per heavy atom. The zero-order valence-electron chi connectivity index (χ0n) is 11.2. The van der Waals surface area contributed by atoms with Crippen LogP contribution in [0.1, 0.15) is 53.4 Å². The van der Waals surface area contributed by atoms with Crippen molar-refractivity contribution in [2.75, 3.05) is 19.7 Å². The zero-order valence-corrected chi connectivity index (χ0v) is 12.0. The molecule has 2 aliphatic heterocycles. The summed E-state index contributed by atoms with van der Waals surface area (Å²) in [6.45, 7) is 3.13. The number of fused-ring (bicyclic) bond motifs is 2. The first kappa shape index (κ1) is 12.3. The number of morpholine rings is 1. The molecule has 3 unspecified atom stereocenters. The molecule has 0 spiro atoms. The fourth-order valence-corrected chi connectivity index (χ4v) is 4.77. The Hall–Kier alpha value is -0.490. The van der Waals surface area contributed by atoms with Crippen molar-refractivity contribution in [3.63, 3.8) is 0 Å². The molecule has 1 aromatic heterocycles. The number of nitrogens with zero attached hydrogens (tertiary/aromatic N) is 2. The van der Waals surface area contributed by atoms with E-state index in [0.29, 0.717) is 6.04 Å². The van der Waals surface area contributed by atoms with E-state index < -0.39 is 0 Å². The molecule has 3 atom stereocenters. The Labute approximate surface area is 118 Å². The predicted octanol–water partition coefficient (Wildman–Crippen LogP) is 2.01. The van der Waals surface area contributed by atoms with Crippen LogP contribution in [0.15, 0.2) is 0 Å². The first-order valence-corrected chi connectivity index (χ1v) is 8.23. The first-order chi connectivity index (χ1) is 9.31. The summed E-state index contributed by atoms with van der Waals surface area (Å²) in [4.78, 5) is 8.72. The van der Waals surface area contributed by atoms with Crippen LogP contribution in [0.5, 0.6) is 0 Å². The SMILES string of the molecule is NC1CCCc2nc(C3CN4CCCC4CO3)sc21. The van der Waals surface area contributed by atoms with Crippen LogP contribution < -0.4 is 5.73 Å². The normalized spacial score (nSPS) is 35.1. The molecule has 0 bridgehead atoms. The Morgan fingerprint density at radius 3 is 3.16 bits per heavy atom. The van der Waals surface area contributed by atoms with Crippen molar-refractivity contribution in [3.8, 4) is 0 Å². The average Bonchev–Trinajstić information content (AvgIpc) is 3.04. The minimum absolute atomic E-state index is 0.178. The van der Waals surface area contributed by atoms with E-state index in [1.165, 1.54) is 36.4 Å². The van der Waals surface area contributed by atoms with Gasteiger partial charge in [0.25, 0.3) is 0 Å². The molecule has 2 N–H and O–H groups in total. The van der Waals surface area contributed by atoms with Gasteiger partial charge in [0, 0.05) is 23.5 Å². The fraction of sp³-hybridized carbons (Fsp3) is 0.786. The lowest BCUT2D eigenvalue weighted by Crippen LogP contribution is -2.42. The Morgan fingerprint density at radius 2 is 2.26 bits per heavy atom. The van der Waals surface area contributed by atoms with Gasteiger partial charge in [0.2, 0.25) is 0 Å². The summed E-state index contributed by atoms with van der Waals surface area (Å²) in [6, 6.07) is 0.867. The van der Waals surface area contributed by atoms with Crippen LogP contribution in [0, 0.1) is 0 Å². The second-order valence-electron chi connectivity index (χ2n) is 5.97. The first-order valence-electron chi connectivity index (χ1n) is 7.42. The van der Waals surface area contributed by atoms with Crippen LogP contribution in [-0.2, 0) is 11.2 Å². The van der Waals surface area contributed by atoms with E-state index in [1.54, 1.807) is 11.3 Å². The number of ether oxygens (including phenoxy) is 1. The summed E-state index contributed by atoms with van der Waals surface area (Å²) in [7, 11) is 0. The summed E-state index contributed by atoms with van der Waals surface area (Å²) in [5.74, 6) is 0. The zero-order chi connectivity index (χ0) is 12.8. The highest BCUT2D eigenvalue weighted by Gasteiger charge is 2.35. The molecule has 0 amide bonds. The topological polar surface area (TPSA) is 51.4 Å². The van der Waals surface area contributed by atoms with E-state index in [0.717, 1.165) is 31.0 Å². The van der Waals surface area contributed by atoms with Crippen LogP contribution in [0.3, 0.4) is 0 Å². The molecule has 2 saturated heterocycles. The van der Waals surface area contributed by atoms with Crippen LogP contribution in [0.4, 0.5) is 0 Å². The average molecular weight is 279 g/mol. The fourth-order valence-electron chi connectivity index (χ4n) is 3.58. The molecular formula is C14H21N3OS. The maximum absolute atomic E-state index is 6.19. The van der Waals surface area contributed by atoms with E-state index in [2.05, 4.69) is 4.90 Å². The van der Waals surface area contributed by atoms with E-state index in [-0.39, 0.29) is 12.1 Å². The van der Waals surface area contributed by atoms with Crippen LogP contribution in [0.2, 0.25) is 0 Å². The molecule has 0 radical (unpaired) electrons. The van der Waals surface area contributed by atoms with Crippen LogP contribution >= 0.6 is 11.3 Å². The van der Waals surface area contributed by atoms with Gasteiger partial charge in [-0.2, -0.15) is 0 Å². The minimum Gasteiger partial charge on any atom is -0.368 e. The van der Waals surface area contributed by atoms with Crippen molar-refractivity contribution in [1.82, 2.24) is 9.88 Å². The summed E-state index contributed by atoms with van der Waals surface area (Å²) < 4.78 is 6.06. The van der Waals surface area contributed by atoms with Gasteiger partial charge in [-0.3, -0.25) is 4.90 Å². The van der Waals surface area contributed by atoms with Gasteiger partial charge < -0.3 is 10.5 Å². The monoisotopic (exact) mass is 279 g/mol. The van der Waals surface area contributed by atoms with Gasteiger partial charge in [0.15, 0.2) is 0 Å². The maximum atomic E-state index is 6.19. The molecular weight excluding hydrogens is 258 g/mol. The van der Waals surface area contributed by atoms with Crippen molar-refractivity contribution in [2.24, 2.45) is 5.73 Å². The van der Waals surface area contributed by atoms with Gasteiger partial charge in [-0.25, -0.2) is 4.98 Å². The smallest absolute Gasteiger partial charge is 0.123 e. The second-order valence-corrected chi connectivity index (χ2v) is 7.04. The number of aromatic nitrogens is 1. The lowest BCUT2D eigenvalue weighted by molar-refractivity contribution is -0.0502. The number of hydrogen-bond acceptors (Lipinski definition) is 5. The third-order valence-electron chi connectivity index (χ3n) is 4.67. The minimum atomic E-state index is 0.178. The molecule has 5 heteroatoms. The number of thiazole rings is 1. The van der Waals surface area contributed by atoms with Crippen molar-refractivity contribution in [2.45, 2.75) is 50.3 Å². The summed E-state index contributed by atoms with van der Waals surface area (Å²) in [5.41, 5.74) is 7.44. The molecule has 3 aliphatic rings. The Bertz CT molecular complexity index is 475. The van der Waals surface area contributed by atoms with Gasteiger partial charge in [0.1, 0.15) is 11.1 Å². The van der Waals surface area contributed by atoms with Crippen molar-refractivity contribution in [1.29, 1.82) is 0 Å². The van der Waals surface area contributed by atoms with Gasteiger partial charge in [-0.15, -0.1) is 11.3 Å². The third-order valence-corrected chi connectivity index (χ3v) is 6.00. The lowest BCUT2D eigenvalue weighted by Gasteiger charge is -2.34. The van der Waals surface area contributed by atoms with Crippen molar-refractivity contribution in [3.05, 3.63) is 15.6 Å². The van der Waals surface area contributed by atoms with Gasteiger partial charge in [0.05, 0.1) is 12.3 Å². The predicted molar refractivity (Wildman–Crippen MR) is 75.3 cm³/mol.